The number of ether oxygens (including phenoxy) is 1. The minimum atomic E-state index is -1.02. The summed E-state index contributed by atoms with van der Waals surface area (Å²) >= 11 is 0. The van der Waals surface area contributed by atoms with Crippen LogP contribution in [0.15, 0.2) is 66.2 Å². The van der Waals surface area contributed by atoms with Crippen molar-refractivity contribution in [2.24, 2.45) is 11.3 Å². The first kappa shape index (κ1) is 45.9. The van der Waals surface area contributed by atoms with E-state index in [1.807, 2.05) is 40.7 Å². The molecule has 2 aliphatic rings. The van der Waals surface area contributed by atoms with Crippen molar-refractivity contribution < 1.29 is 33.5 Å². The smallest absolute Gasteiger partial charge is 0.328 e. The van der Waals surface area contributed by atoms with Crippen molar-refractivity contribution in [3.8, 4) is 0 Å². The van der Waals surface area contributed by atoms with E-state index in [-0.39, 0.29) is 47.9 Å². The van der Waals surface area contributed by atoms with Crippen molar-refractivity contribution in [1.29, 1.82) is 0 Å². The van der Waals surface area contributed by atoms with E-state index < -0.39 is 41.5 Å². The number of carbonyl (C=O) groups excluding carboxylic acids is 6. The number of amides is 4. The lowest BCUT2D eigenvalue weighted by molar-refractivity contribution is -0.146. The highest BCUT2D eigenvalue weighted by Crippen LogP contribution is 2.27. The molecule has 0 radical (unpaired) electrons. The van der Waals surface area contributed by atoms with Gasteiger partial charge in [0.1, 0.15) is 18.1 Å². The van der Waals surface area contributed by atoms with Crippen LogP contribution in [0.3, 0.4) is 0 Å². The second-order valence-electron chi connectivity index (χ2n) is 17.5. The van der Waals surface area contributed by atoms with Gasteiger partial charge >= 0.3 is 5.97 Å². The number of piperidine rings is 1. The average Bonchev–Trinajstić information content (AvgIpc) is 3.70. The molecular formula is C46H65N5O7. The van der Waals surface area contributed by atoms with Gasteiger partial charge in [0.2, 0.25) is 23.6 Å². The van der Waals surface area contributed by atoms with E-state index >= 15 is 0 Å². The van der Waals surface area contributed by atoms with E-state index in [2.05, 4.69) is 29.4 Å². The van der Waals surface area contributed by atoms with Crippen LogP contribution in [-0.2, 0) is 35.1 Å². The van der Waals surface area contributed by atoms with Gasteiger partial charge in [0.15, 0.2) is 5.78 Å². The summed E-state index contributed by atoms with van der Waals surface area (Å²) in [5.41, 5.74) is 1.59. The van der Waals surface area contributed by atoms with Crippen LogP contribution in [0.2, 0.25) is 0 Å². The van der Waals surface area contributed by atoms with Crippen molar-refractivity contribution >= 4 is 35.4 Å². The second kappa shape index (κ2) is 20.2. The molecule has 0 aromatic heterocycles. The zero-order chi connectivity index (χ0) is 42.9. The maximum atomic E-state index is 14.3. The number of likely N-dealkylation sites (N-methyl/N-ethyl adjacent to an activating group) is 1. The zero-order valence-electron chi connectivity index (χ0n) is 36.2. The molecule has 2 aromatic rings. The first-order valence-corrected chi connectivity index (χ1v) is 20.7. The highest BCUT2D eigenvalue weighted by Gasteiger charge is 2.41. The molecule has 2 fully saturated rings. The maximum absolute atomic E-state index is 14.3. The quantitative estimate of drug-likeness (QED) is 0.140. The van der Waals surface area contributed by atoms with Gasteiger partial charge in [-0.25, -0.2) is 4.79 Å². The molecule has 0 unspecified atom stereocenters. The normalized spacial score (nSPS) is 19.3. The Morgan fingerprint density at radius 3 is 2.02 bits per heavy atom. The van der Waals surface area contributed by atoms with Gasteiger partial charge in [0.25, 0.3) is 0 Å². The number of carbonyl (C=O) groups is 6. The van der Waals surface area contributed by atoms with Gasteiger partial charge in [0, 0.05) is 42.8 Å². The average molecular weight is 800 g/mol. The van der Waals surface area contributed by atoms with Gasteiger partial charge < -0.3 is 25.2 Å². The Kier molecular flexibility index (Phi) is 16.0. The summed E-state index contributed by atoms with van der Waals surface area (Å²) in [6, 6.07) is 12.6. The number of nitrogens with zero attached hydrogens (tertiary/aromatic N) is 3. The van der Waals surface area contributed by atoms with Gasteiger partial charge in [0.05, 0.1) is 19.2 Å². The van der Waals surface area contributed by atoms with Crippen LogP contribution in [0.5, 0.6) is 0 Å². The lowest BCUT2D eigenvalue weighted by atomic mass is 9.84. The number of hydrogen-bond donors (Lipinski definition) is 2. The van der Waals surface area contributed by atoms with E-state index in [1.54, 1.807) is 73.5 Å². The van der Waals surface area contributed by atoms with E-state index in [0.29, 0.717) is 36.1 Å². The Morgan fingerprint density at radius 2 is 1.43 bits per heavy atom. The standard InChI is InChI=1S/C46H65N5O7/c1-29(2)38(49(9)44(56)40(46(6,7)8)48-42(54)36-19-14-15-25-50(36)30(3)4)27-31(5)43(55)51-26-16-20-37(51)41(53)47-35(45(57)58-10)28-32-21-23-34(24-22-32)39(52)33-17-12-11-13-18-33/h11-13,17-18,21-24,27,29-30,35-38,40H,14-16,19-20,25-26,28H2,1-10H3,(H,47,53)(H,48,54)/t35-,36+,37-,38+,40+/m0/s1. The summed E-state index contributed by atoms with van der Waals surface area (Å²) in [4.78, 5) is 87.1. The third-order valence-electron chi connectivity index (χ3n) is 11.5. The van der Waals surface area contributed by atoms with E-state index in [4.69, 9.17) is 4.74 Å². The van der Waals surface area contributed by atoms with Crippen LogP contribution in [0, 0.1) is 11.3 Å². The summed E-state index contributed by atoms with van der Waals surface area (Å²) in [7, 11) is 2.96. The molecule has 0 bridgehead atoms. The summed E-state index contributed by atoms with van der Waals surface area (Å²) in [5, 5.41) is 5.95. The number of nitrogens with one attached hydrogen (secondary N) is 2. The molecule has 2 N–H and O–H groups in total. The monoisotopic (exact) mass is 799 g/mol. The van der Waals surface area contributed by atoms with Crippen LogP contribution < -0.4 is 10.6 Å². The van der Waals surface area contributed by atoms with Crippen LogP contribution in [0.4, 0.5) is 0 Å². The van der Waals surface area contributed by atoms with Gasteiger partial charge in [-0.15, -0.1) is 0 Å². The molecule has 2 aromatic carbocycles. The zero-order valence-corrected chi connectivity index (χ0v) is 36.2. The third-order valence-corrected chi connectivity index (χ3v) is 11.5. The van der Waals surface area contributed by atoms with Crippen LogP contribution in [0.25, 0.3) is 0 Å². The molecule has 2 heterocycles. The molecule has 2 saturated heterocycles. The molecule has 4 amide bonds. The SMILES string of the molecule is COC(=O)[C@H](Cc1ccc(C(=O)c2ccccc2)cc1)NC(=O)[C@@H]1CCCN1C(=O)C(C)=C[C@H](C(C)C)N(C)C(=O)[C@@H](NC(=O)[C@H]1CCCCN1C(C)C)C(C)(C)C. The summed E-state index contributed by atoms with van der Waals surface area (Å²) in [5.74, 6) is -2.00. The van der Waals surface area contributed by atoms with Gasteiger partial charge in [-0.1, -0.05) is 102 Å². The number of rotatable bonds is 15. The molecule has 2 aliphatic heterocycles. The van der Waals surface area contributed by atoms with E-state index in [9.17, 15) is 28.8 Å². The molecule has 58 heavy (non-hydrogen) atoms. The van der Waals surface area contributed by atoms with Gasteiger partial charge in [-0.05, 0) is 69.9 Å². The Morgan fingerprint density at radius 1 is 0.828 bits per heavy atom. The highest BCUT2D eigenvalue weighted by molar-refractivity contribution is 6.09. The molecule has 316 valence electrons. The lowest BCUT2D eigenvalue weighted by Crippen LogP contribution is -2.60. The number of hydrogen-bond acceptors (Lipinski definition) is 8. The minimum Gasteiger partial charge on any atom is -0.467 e. The highest BCUT2D eigenvalue weighted by atomic mass is 16.5. The summed E-state index contributed by atoms with van der Waals surface area (Å²) in [6.07, 6.45) is 5.68. The number of benzene rings is 2. The van der Waals surface area contributed by atoms with Crippen LogP contribution in [-0.4, -0.2) is 114 Å². The van der Waals surface area contributed by atoms with E-state index in [0.717, 1.165) is 31.4 Å². The lowest BCUT2D eigenvalue weighted by Gasteiger charge is -2.41. The predicted octanol–water partition coefficient (Wildman–Crippen LogP) is 5.33. The van der Waals surface area contributed by atoms with Crippen molar-refractivity contribution in [3.05, 3.63) is 82.9 Å². The summed E-state index contributed by atoms with van der Waals surface area (Å²) in [6.45, 7) is 16.8. The molecule has 4 rings (SSSR count). The third kappa shape index (κ3) is 11.4. The second-order valence-corrected chi connectivity index (χ2v) is 17.5. The predicted molar refractivity (Wildman–Crippen MR) is 225 cm³/mol. The van der Waals surface area contributed by atoms with Gasteiger partial charge in [-0.3, -0.25) is 28.9 Å². The molecule has 5 atom stereocenters. The minimum absolute atomic E-state index is 0.0770. The Labute approximate surface area is 345 Å². The number of esters is 1. The van der Waals surface area contributed by atoms with Crippen LogP contribution in [0.1, 0.15) is 109 Å². The Bertz CT molecular complexity index is 1800. The van der Waals surface area contributed by atoms with Gasteiger partial charge in [-0.2, -0.15) is 0 Å². The molecule has 0 aliphatic carbocycles. The first-order chi connectivity index (χ1) is 27.3. The number of ketones is 1. The van der Waals surface area contributed by atoms with E-state index in [1.165, 1.54) is 12.0 Å². The Hall–Kier alpha value is -4.84. The van der Waals surface area contributed by atoms with Crippen LogP contribution >= 0.6 is 0 Å². The topological polar surface area (TPSA) is 145 Å². The van der Waals surface area contributed by atoms with Crippen molar-refractivity contribution in [2.45, 2.75) is 130 Å². The fourth-order valence-electron chi connectivity index (χ4n) is 8.07. The Balaban J connectivity index is 1.46. The van der Waals surface area contributed by atoms with Crippen molar-refractivity contribution in [1.82, 2.24) is 25.3 Å². The number of methoxy groups -OCH3 is 1. The van der Waals surface area contributed by atoms with Crippen molar-refractivity contribution in [3.63, 3.8) is 0 Å². The van der Waals surface area contributed by atoms with Crippen molar-refractivity contribution in [2.75, 3.05) is 27.2 Å². The molecular weight excluding hydrogens is 735 g/mol. The number of likely N-dealkylation sites (tertiary alicyclic amines) is 2. The molecule has 12 heteroatoms. The fourth-order valence-corrected chi connectivity index (χ4v) is 8.07. The fraction of sp³-hybridized carbons (Fsp3) is 0.565. The maximum Gasteiger partial charge on any atom is 0.328 e. The molecule has 0 spiro atoms. The summed E-state index contributed by atoms with van der Waals surface area (Å²) < 4.78 is 5.04. The molecule has 12 nitrogen and oxygen atoms in total. The molecule has 0 saturated carbocycles. The largest absolute Gasteiger partial charge is 0.467 e. The first-order valence-electron chi connectivity index (χ1n) is 20.7.